The van der Waals surface area contributed by atoms with Gasteiger partial charge >= 0.3 is 0 Å². The van der Waals surface area contributed by atoms with Gasteiger partial charge in [0.15, 0.2) is 5.16 Å². The van der Waals surface area contributed by atoms with Gasteiger partial charge in [-0.25, -0.2) is 4.98 Å². The lowest BCUT2D eigenvalue weighted by atomic mass is 10.2. The van der Waals surface area contributed by atoms with Crippen LogP contribution in [0.2, 0.25) is 0 Å². The molecule has 1 aromatic carbocycles. The van der Waals surface area contributed by atoms with E-state index in [4.69, 9.17) is 4.74 Å². The van der Waals surface area contributed by atoms with E-state index < -0.39 is 10.8 Å². The third-order valence-electron chi connectivity index (χ3n) is 4.31. The summed E-state index contributed by atoms with van der Waals surface area (Å²) in [4.78, 5) is 12.0. The molecule has 4 aromatic rings. The van der Waals surface area contributed by atoms with Crippen LogP contribution in [0.1, 0.15) is 11.3 Å². The Bertz CT molecular complexity index is 1090. The van der Waals surface area contributed by atoms with Gasteiger partial charge in [0.05, 0.1) is 40.4 Å². The zero-order valence-corrected chi connectivity index (χ0v) is 16.3. The number of aromatic nitrogens is 4. The molecule has 0 saturated heterocycles. The molecule has 5 N–H and O–H groups in total. The van der Waals surface area contributed by atoms with Crippen LogP contribution in [0, 0.1) is 6.92 Å². The van der Waals surface area contributed by atoms with Crippen LogP contribution < -0.4 is 4.74 Å². The van der Waals surface area contributed by atoms with E-state index in [2.05, 4.69) is 15.0 Å². The van der Waals surface area contributed by atoms with E-state index >= 15 is 0 Å². The average molecular weight is 402 g/mol. The molecule has 0 aliphatic carbocycles. The van der Waals surface area contributed by atoms with Crippen LogP contribution in [0.15, 0.2) is 60.1 Å². The third kappa shape index (κ3) is 3.96. The van der Waals surface area contributed by atoms with Crippen molar-refractivity contribution in [2.75, 3.05) is 7.11 Å². The van der Waals surface area contributed by atoms with Gasteiger partial charge in [-0.15, -0.1) is 0 Å². The molecule has 148 valence electrons. The minimum atomic E-state index is -1.32. The number of aromatic amines is 1. The second-order valence-electron chi connectivity index (χ2n) is 5.91. The molecular weight excluding hydrogens is 380 g/mol. The van der Waals surface area contributed by atoms with Crippen molar-refractivity contribution in [1.82, 2.24) is 19.5 Å². The van der Waals surface area contributed by atoms with Gasteiger partial charge in [-0.2, -0.15) is 0 Å². The third-order valence-corrected chi connectivity index (χ3v) is 5.47. The van der Waals surface area contributed by atoms with Gasteiger partial charge in [0.25, 0.3) is 0 Å². The smallest absolute Gasteiger partial charge is 0.197 e. The van der Waals surface area contributed by atoms with Gasteiger partial charge in [0.2, 0.25) is 0 Å². The monoisotopic (exact) mass is 402 g/mol. The molecule has 0 aliphatic heterocycles. The molecule has 0 aliphatic rings. The first-order chi connectivity index (χ1) is 12.7. The molecule has 0 saturated carbocycles. The van der Waals surface area contributed by atoms with Gasteiger partial charge < -0.3 is 25.2 Å². The predicted octanol–water partition coefficient (Wildman–Crippen LogP) is 1.72. The first-order valence-corrected chi connectivity index (χ1v) is 9.47. The number of pyridine rings is 1. The standard InChI is InChI=1S/C19H18N4O2S.2H2O/c1-13-17(20-8-7-18(13)25-2)12-26(24)19-21-15-6-5-14(11-16(15)22-19)23-9-3-4-10-23;;/h3-11H,12H2,1-2H3,(H,21,22);2*1H2. The average Bonchev–Trinajstić information content (AvgIpc) is 3.32. The summed E-state index contributed by atoms with van der Waals surface area (Å²) in [6.07, 6.45) is 5.63. The molecule has 28 heavy (non-hydrogen) atoms. The van der Waals surface area contributed by atoms with E-state index in [0.29, 0.717) is 5.16 Å². The maximum atomic E-state index is 12.8. The zero-order valence-electron chi connectivity index (χ0n) is 15.5. The molecule has 3 heterocycles. The summed E-state index contributed by atoms with van der Waals surface area (Å²) in [5.41, 5.74) is 4.31. The van der Waals surface area contributed by atoms with Crippen molar-refractivity contribution >= 4 is 21.8 Å². The lowest BCUT2D eigenvalue weighted by Crippen LogP contribution is -2.03. The van der Waals surface area contributed by atoms with Crippen molar-refractivity contribution in [3.05, 3.63) is 66.2 Å². The Morgan fingerprint density at radius 1 is 1.18 bits per heavy atom. The summed E-state index contributed by atoms with van der Waals surface area (Å²) in [6.45, 7) is 1.92. The summed E-state index contributed by atoms with van der Waals surface area (Å²) in [6, 6.07) is 11.7. The fourth-order valence-electron chi connectivity index (χ4n) is 2.87. The molecule has 8 nitrogen and oxygen atoms in total. The summed E-state index contributed by atoms with van der Waals surface area (Å²) in [5.74, 6) is 1.03. The molecule has 0 amide bonds. The lowest BCUT2D eigenvalue weighted by Gasteiger charge is -2.08. The molecular formula is C19H22N4O4S. The molecule has 1 unspecified atom stereocenters. The van der Waals surface area contributed by atoms with Crippen LogP contribution in [0.4, 0.5) is 0 Å². The highest BCUT2D eigenvalue weighted by molar-refractivity contribution is 7.84. The molecule has 0 radical (unpaired) electrons. The summed E-state index contributed by atoms with van der Waals surface area (Å²) < 4.78 is 20.1. The van der Waals surface area contributed by atoms with Crippen molar-refractivity contribution in [1.29, 1.82) is 0 Å². The molecule has 4 rings (SSSR count). The number of rotatable bonds is 5. The van der Waals surface area contributed by atoms with Gasteiger partial charge in [-0.3, -0.25) is 9.19 Å². The largest absolute Gasteiger partial charge is 0.496 e. The Balaban J connectivity index is 0.00000140. The van der Waals surface area contributed by atoms with E-state index in [1.54, 1.807) is 19.4 Å². The Labute approximate surface area is 164 Å². The zero-order chi connectivity index (χ0) is 18.1. The number of hydrogen-bond acceptors (Lipinski definition) is 4. The second kappa shape index (κ2) is 8.79. The van der Waals surface area contributed by atoms with Crippen molar-refractivity contribution in [2.24, 2.45) is 0 Å². The van der Waals surface area contributed by atoms with E-state index in [9.17, 15) is 4.21 Å². The molecule has 0 spiro atoms. The minimum absolute atomic E-state index is 0. The minimum Gasteiger partial charge on any atom is -0.496 e. The maximum absolute atomic E-state index is 12.8. The Kier molecular flexibility index (Phi) is 6.68. The lowest BCUT2D eigenvalue weighted by molar-refractivity contribution is 0.410. The van der Waals surface area contributed by atoms with E-state index in [-0.39, 0.29) is 16.7 Å². The van der Waals surface area contributed by atoms with Crippen LogP contribution in [0.25, 0.3) is 16.7 Å². The van der Waals surface area contributed by atoms with Crippen LogP contribution in [0.3, 0.4) is 0 Å². The summed E-state index contributed by atoms with van der Waals surface area (Å²) in [7, 11) is 0.293. The van der Waals surface area contributed by atoms with E-state index in [1.807, 2.05) is 54.2 Å². The highest BCUT2D eigenvalue weighted by atomic mass is 32.2. The highest BCUT2D eigenvalue weighted by Crippen LogP contribution is 2.22. The van der Waals surface area contributed by atoms with Crippen molar-refractivity contribution in [3.63, 3.8) is 0 Å². The van der Waals surface area contributed by atoms with E-state index in [0.717, 1.165) is 33.7 Å². The number of methoxy groups -OCH3 is 1. The van der Waals surface area contributed by atoms with Crippen molar-refractivity contribution < 1.29 is 19.9 Å². The van der Waals surface area contributed by atoms with Gasteiger partial charge in [0.1, 0.15) is 5.75 Å². The van der Waals surface area contributed by atoms with Crippen molar-refractivity contribution in [2.45, 2.75) is 17.8 Å². The number of benzene rings is 1. The fraction of sp³-hybridized carbons (Fsp3) is 0.158. The SMILES string of the molecule is COc1ccnc(CS(=O)c2nc3ccc(-n4cccc4)cc3[nH]2)c1C.O.O. The first-order valence-electron chi connectivity index (χ1n) is 8.15. The van der Waals surface area contributed by atoms with Crippen LogP contribution >= 0.6 is 0 Å². The second-order valence-corrected chi connectivity index (χ2v) is 7.27. The van der Waals surface area contributed by atoms with Crippen LogP contribution in [-0.2, 0) is 16.6 Å². The number of hydrogen-bond donors (Lipinski definition) is 1. The summed E-state index contributed by atoms with van der Waals surface area (Å²) >= 11 is 0. The number of nitrogens with zero attached hydrogens (tertiary/aromatic N) is 3. The molecule has 9 heteroatoms. The summed E-state index contributed by atoms with van der Waals surface area (Å²) in [5, 5.41) is 0.452. The number of fused-ring (bicyclic) bond motifs is 1. The van der Waals surface area contributed by atoms with Gasteiger partial charge in [-0.05, 0) is 43.3 Å². The number of nitrogens with one attached hydrogen (secondary N) is 1. The molecule has 0 fully saturated rings. The number of ether oxygens (including phenoxy) is 1. The Morgan fingerprint density at radius 2 is 1.93 bits per heavy atom. The Morgan fingerprint density at radius 3 is 2.64 bits per heavy atom. The maximum Gasteiger partial charge on any atom is 0.197 e. The van der Waals surface area contributed by atoms with Crippen molar-refractivity contribution in [3.8, 4) is 11.4 Å². The topological polar surface area (TPSA) is 136 Å². The fourth-order valence-corrected chi connectivity index (χ4v) is 3.97. The van der Waals surface area contributed by atoms with Crippen LogP contribution in [-0.4, -0.2) is 41.8 Å². The number of H-pyrrole nitrogens is 1. The highest BCUT2D eigenvalue weighted by Gasteiger charge is 2.15. The molecule has 0 bridgehead atoms. The Hall–Kier alpha value is -3.01. The molecule has 1 atom stereocenters. The molecule has 3 aromatic heterocycles. The van der Waals surface area contributed by atoms with Crippen LogP contribution in [0.5, 0.6) is 5.75 Å². The first kappa shape index (κ1) is 21.3. The van der Waals surface area contributed by atoms with Gasteiger partial charge in [-0.1, -0.05) is 0 Å². The number of imidazole rings is 1. The van der Waals surface area contributed by atoms with Gasteiger partial charge in [0, 0.05) is 29.8 Å². The normalized spacial score (nSPS) is 11.5. The predicted molar refractivity (Wildman–Crippen MR) is 108 cm³/mol. The van der Waals surface area contributed by atoms with E-state index in [1.165, 1.54) is 0 Å². The quantitative estimate of drug-likeness (QED) is 0.543.